The van der Waals surface area contributed by atoms with Crippen LogP contribution in [0.1, 0.15) is 42.5 Å². The molecule has 0 saturated carbocycles. The standard InChI is InChI=1S/C22H27N3O3/c1-15-7-6-8-17(13-15)14-19(22(23)28)25-21(27)12-11-20(26)24-16(2)18-9-4-3-5-10-18/h3-10,13,16,19H,11-12,14H2,1-2H3,(H2,23,28)(H,24,26)(H,25,27)/t16-,19-/m1/s1. The summed E-state index contributed by atoms with van der Waals surface area (Å²) in [6.45, 7) is 3.84. The predicted molar refractivity (Wildman–Crippen MR) is 108 cm³/mol. The van der Waals surface area contributed by atoms with Crippen LogP contribution in [0.15, 0.2) is 54.6 Å². The first-order valence-electron chi connectivity index (χ1n) is 9.33. The minimum Gasteiger partial charge on any atom is -0.368 e. The number of hydrogen-bond donors (Lipinski definition) is 3. The molecule has 6 heteroatoms. The third-order valence-electron chi connectivity index (χ3n) is 4.46. The molecule has 0 aliphatic rings. The molecule has 0 bridgehead atoms. The minimum atomic E-state index is -0.805. The van der Waals surface area contributed by atoms with Crippen molar-refractivity contribution in [1.29, 1.82) is 0 Å². The van der Waals surface area contributed by atoms with Gasteiger partial charge in [-0.25, -0.2) is 0 Å². The van der Waals surface area contributed by atoms with Crippen molar-refractivity contribution in [1.82, 2.24) is 10.6 Å². The van der Waals surface area contributed by atoms with Gasteiger partial charge in [-0.05, 0) is 25.0 Å². The molecule has 0 aliphatic heterocycles. The maximum Gasteiger partial charge on any atom is 0.240 e. The van der Waals surface area contributed by atoms with Gasteiger partial charge in [-0.15, -0.1) is 0 Å². The Morgan fingerprint density at radius 2 is 1.57 bits per heavy atom. The van der Waals surface area contributed by atoms with Gasteiger partial charge in [0.15, 0.2) is 0 Å². The molecule has 28 heavy (non-hydrogen) atoms. The number of carbonyl (C=O) groups excluding carboxylic acids is 3. The number of benzene rings is 2. The normalized spacial score (nSPS) is 12.6. The first-order valence-corrected chi connectivity index (χ1v) is 9.33. The molecule has 2 atom stereocenters. The second kappa shape index (κ2) is 10.3. The molecule has 6 nitrogen and oxygen atoms in total. The SMILES string of the molecule is Cc1cccc(C[C@@H](NC(=O)CCC(=O)N[C@H](C)c2ccccc2)C(N)=O)c1. The molecule has 0 radical (unpaired) electrons. The molecular weight excluding hydrogens is 354 g/mol. The average Bonchev–Trinajstić information content (AvgIpc) is 2.66. The molecular formula is C22H27N3O3. The molecule has 2 aromatic rings. The Morgan fingerprint density at radius 1 is 0.929 bits per heavy atom. The number of rotatable bonds is 9. The summed E-state index contributed by atoms with van der Waals surface area (Å²) in [6.07, 6.45) is 0.351. The highest BCUT2D eigenvalue weighted by Gasteiger charge is 2.19. The first-order chi connectivity index (χ1) is 13.3. The topological polar surface area (TPSA) is 101 Å². The van der Waals surface area contributed by atoms with E-state index in [9.17, 15) is 14.4 Å². The summed E-state index contributed by atoms with van der Waals surface area (Å²) in [4.78, 5) is 36.0. The molecule has 2 aromatic carbocycles. The lowest BCUT2D eigenvalue weighted by Crippen LogP contribution is -2.46. The van der Waals surface area contributed by atoms with E-state index < -0.39 is 11.9 Å². The van der Waals surface area contributed by atoms with E-state index in [4.69, 9.17) is 5.73 Å². The van der Waals surface area contributed by atoms with Crippen molar-refractivity contribution in [2.45, 2.75) is 45.2 Å². The van der Waals surface area contributed by atoms with Gasteiger partial charge in [0.25, 0.3) is 0 Å². The van der Waals surface area contributed by atoms with Crippen molar-refractivity contribution in [3.63, 3.8) is 0 Å². The average molecular weight is 381 g/mol. The Morgan fingerprint density at radius 3 is 2.18 bits per heavy atom. The van der Waals surface area contributed by atoms with Crippen molar-refractivity contribution in [3.8, 4) is 0 Å². The molecule has 0 aliphatic carbocycles. The van der Waals surface area contributed by atoms with Crippen molar-refractivity contribution < 1.29 is 14.4 Å². The number of hydrogen-bond acceptors (Lipinski definition) is 3. The molecule has 2 rings (SSSR count). The van der Waals surface area contributed by atoms with E-state index in [-0.39, 0.29) is 30.7 Å². The lowest BCUT2D eigenvalue weighted by Gasteiger charge is -2.17. The zero-order chi connectivity index (χ0) is 20.5. The van der Waals surface area contributed by atoms with E-state index in [1.165, 1.54) is 0 Å². The van der Waals surface area contributed by atoms with E-state index in [0.717, 1.165) is 16.7 Å². The highest BCUT2D eigenvalue weighted by Crippen LogP contribution is 2.11. The summed E-state index contributed by atoms with van der Waals surface area (Å²) in [6, 6.07) is 16.3. The van der Waals surface area contributed by atoms with Gasteiger partial charge in [-0.3, -0.25) is 14.4 Å². The highest BCUT2D eigenvalue weighted by atomic mass is 16.2. The number of amides is 3. The fourth-order valence-electron chi connectivity index (χ4n) is 2.93. The Hall–Kier alpha value is -3.15. The first kappa shape index (κ1) is 21.2. The van der Waals surface area contributed by atoms with E-state index in [2.05, 4.69) is 10.6 Å². The Kier molecular flexibility index (Phi) is 7.75. The quantitative estimate of drug-likeness (QED) is 0.620. The molecule has 0 spiro atoms. The number of carbonyl (C=O) groups is 3. The lowest BCUT2D eigenvalue weighted by atomic mass is 10.0. The van der Waals surface area contributed by atoms with Crippen LogP contribution in [0.3, 0.4) is 0 Å². The van der Waals surface area contributed by atoms with Crippen LogP contribution in [0, 0.1) is 6.92 Å². The molecule has 4 N–H and O–H groups in total. The van der Waals surface area contributed by atoms with Crippen LogP contribution >= 0.6 is 0 Å². The van der Waals surface area contributed by atoms with Crippen LogP contribution < -0.4 is 16.4 Å². The summed E-state index contributed by atoms with van der Waals surface area (Å²) in [5, 5.41) is 5.49. The minimum absolute atomic E-state index is 0.00899. The maximum atomic E-state index is 12.2. The summed E-state index contributed by atoms with van der Waals surface area (Å²) in [5.74, 6) is -1.20. The van der Waals surface area contributed by atoms with E-state index in [1.807, 2.05) is 68.4 Å². The summed E-state index contributed by atoms with van der Waals surface area (Å²) < 4.78 is 0. The number of primary amides is 1. The monoisotopic (exact) mass is 381 g/mol. The van der Waals surface area contributed by atoms with Gasteiger partial charge in [0.2, 0.25) is 17.7 Å². The fraction of sp³-hybridized carbons (Fsp3) is 0.318. The Labute approximate surface area is 165 Å². The number of aryl methyl sites for hydroxylation is 1. The molecule has 0 heterocycles. The van der Waals surface area contributed by atoms with Gasteiger partial charge in [0, 0.05) is 19.3 Å². The van der Waals surface area contributed by atoms with Crippen molar-refractivity contribution >= 4 is 17.7 Å². The van der Waals surface area contributed by atoms with Gasteiger partial charge in [0.05, 0.1) is 6.04 Å². The predicted octanol–water partition coefficient (Wildman–Crippen LogP) is 2.17. The van der Waals surface area contributed by atoms with Gasteiger partial charge in [-0.2, -0.15) is 0 Å². The summed E-state index contributed by atoms with van der Waals surface area (Å²) in [5.41, 5.74) is 8.40. The van der Waals surface area contributed by atoms with E-state index >= 15 is 0 Å². The zero-order valence-electron chi connectivity index (χ0n) is 16.3. The molecule has 0 unspecified atom stereocenters. The van der Waals surface area contributed by atoms with Crippen LogP contribution in [0.5, 0.6) is 0 Å². The van der Waals surface area contributed by atoms with Crippen LogP contribution in [-0.2, 0) is 20.8 Å². The molecule has 3 amide bonds. The van der Waals surface area contributed by atoms with E-state index in [0.29, 0.717) is 6.42 Å². The third kappa shape index (κ3) is 6.87. The van der Waals surface area contributed by atoms with Gasteiger partial charge in [-0.1, -0.05) is 60.2 Å². The van der Waals surface area contributed by atoms with Gasteiger partial charge in [0.1, 0.15) is 6.04 Å². The lowest BCUT2D eigenvalue weighted by molar-refractivity contribution is -0.129. The molecule has 0 aromatic heterocycles. The highest BCUT2D eigenvalue weighted by molar-refractivity contribution is 5.88. The number of nitrogens with two attached hydrogens (primary N) is 1. The van der Waals surface area contributed by atoms with Crippen LogP contribution in [0.25, 0.3) is 0 Å². The Balaban J connectivity index is 1.82. The van der Waals surface area contributed by atoms with Crippen molar-refractivity contribution in [2.24, 2.45) is 5.73 Å². The van der Waals surface area contributed by atoms with Gasteiger partial charge < -0.3 is 16.4 Å². The second-order valence-corrected chi connectivity index (χ2v) is 6.92. The van der Waals surface area contributed by atoms with Crippen LogP contribution in [0.2, 0.25) is 0 Å². The molecule has 0 fully saturated rings. The van der Waals surface area contributed by atoms with Crippen LogP contribution in [-0.4, -0.2) is 23.8 Å². The smallest absolute Gasteiger partial charge is 0.240 e. The van der Waals surface area contributed by atoms with E-state index in [1.54, 1.807) is 0 Å². The molecule has 148 valence electrons. The third-order valence-corrected chi connectivity index (χ3v) is 4.46. The Bertz CT molecular complexity index is 821. The molecule has 0 saturated heterocycles. The zero-order valence-corrected chi connectivity index (χ0v) is 16.3. The van der Waals surface area contributed by atoms with Crippen molar-refractivity contribution in [3.05, 3.63) is 71.3 Å². The summed E-state index contributed by atoms with van der Waals surface area (Å²) >= 11 is 0. The largest absolute Gasteiger partial charge is 0.368 e. The second-order valence-electron chi connectivity index (χ2n) is 6.92. The van der Waals surface area contributed by atoms with Gasteiger partial charge >= 0.3 is 0 Å². The van der Waals surface area contributed by atoms with Crippen molar-refractivity contribution in [2.75, 3.05) is 0 Å². The van der Waals surface area contributed by atoms with Crippen LogP contribution in [0.4, 0.5) is 0 Å². The summed E-state index contributed by atoms with van der Waals surface area (Å²) in [7, 11) is 0. The number of nitrogens with one attached hydrogen (secondary N) is 2. The maximum absolute atomic E-state index is 12.2. The fourth-order valence-corrected chi connectivity index (χ4v) is 2.93.